The average Bonchev–Trinajstić information content (AvgIpc) is 2.67. The number of rotatable bonds is 6. The predicted octanol–water partition coefficient (Wildman–Crippen LogP) is -0.322. The molecule has 1 aliphatic rings. The first-order valence-electron chi connectivity index (χ1n) is 5.33. The summed E-state index contributed by atoms with van der Waals surface area (Å²) in [6.07, 6.45) is 2.56. The Morgan fingerprint density at radius 2 is 2.43 bits per heavy atom. The number of likely N-dealkylation sites (N-methyl/N-ethyl adjacent to an activating group) is 1. The summed E-state index contributed by atoms with van der Waals surface area (Å²) in [6.45, 7) is 3.43. The molecule has 0 aliphatic carbocycles. The first kappa shape index (κ1) is 11.9. The third-order valence-corrected chi connectivity index (χ3v) is 2.98. The molecule has 2 atom stereocenters. The molecule has 0 saturated carbocycles. The minimum Gasteiger partial charge on any atom is -0.395 e. The van der Waals surface area contributed by atoms with Crippen LogP contribution in [-0.2, 0) is 4.74 Å². The van der Waals surface area contributed by atoms with Gasteiger partial charge in [0.25, 0.3) is 0 Å². The number of hydrogen-bond donors (Lipinski definition) is 2. The first-order valence-corrected chi connectivity index (χ1v) is 5.33. The highest BCUT2D eigenvalue weighted by Gasteiger charge is 2.21. The Balaban J connectivity index is 2.13. The van der Waals surface area contributed by atoms with E-state index in [2.05, 4.69) is 10.2 Å². The van der Waals surface area contributed by atoms with Gasteiger partial charge in [-0.1, -0.05) is 0 Å². The first-order chi connectivity index (χ1) is 6.80. The van der Waals surface area contributed by atoms with E-state index < -0.39 is 0 Å². The van der Waals surface area contributed by atoms with Crippen molar-refractivity contribution in [2.45, 2.75) is 25.0 Å². The van der Waals surface area contributed by atoms with Gasteiger partial charge in [0.05, 0.1) is 12.7 Å². The highest BCUT2D eigenvalue weighted by atomic mass is 16.5. The van der Waals surface area contributed by atoms with E-state index in [1.54, 1.807) is 7.11 Å². The molecule has 1 aliphatic heterocycles. The van der Waals surface area contributed by atoms with E-state index in [9.17, 15) is 0 Å². The third-order valence-electron chi connectivity index (χ3n) is 2.98. The molecule has 0 radical (unpaired) electrons. The molecule has 0 aromatic carbocycles. The van der Waals surface area contributed by atoms with Gasteiger partial charge >= 0.3 is 0 Å². The van der Waals surface area contributed by atoms with Crippen LogP contribution in [0.2, 0.25) is 0 Å². The van der Waals surface area contributed by atoms with Crippen LogP contribution in [0.25, 0.3) is 0 Å². The maximum absolute atomic E-state index is 8.99. The van der Waals surface area contributed by atoms with Crippen LogP contribution in [-0.4, -0.2) is 62.6 Å². The molecular weight excluding hydrogens is 180 g/mol. The summed E-state index contributed by atoms with van der Waals surface area (Å²) in [5.41, 5.74) is 0. The maximum atomic E-state index is 8.99. The lowest BCUT2D eigenvalue weighted by Crippen LogP contribution is -2.34. The molecule has 1 fully saturated rings. The molecule has 0 spiro atoms. The zero-order chi connectivity index (χ0) is 10.4. The van der Waals surface area contributed by atoms with Crippen LogP contribution < -0.4 is 5.32 Å². The standard InChI is InChI=1S/C10H22N2O2/c1-11-9(8-13)3-5-12-6-4-10(7-12)14-2/h9-11,13H,3-8H2,1-2H3. The number of hydrogen-bond acceptors (Lipinski definition) is 4. The molecule has 0 bridgehead atoms. The van der Waals surface area contributed by atoms with Crippen molar-refractivity contribution in [2.24, 2.45) is 0 Å². The Hall–Kier alpha value is -0.160. The van der Waals surface area contributed by atoms with Gasteiger partial charge in [0.2, 0.25) is 0 Å². The Labute approximate surface area is 86.2 Å². The number of likely N-dealkylation sites (tertiary alicyclic amines) is 1. The van der Waals surface area contributed by atoms with E-state index in [1.165, 1.54) is 0 Å². The van der Waals surface area contributed by atoms with Crippen molar-refractivity contribution in [1.29, 1.82) is 0 Å². The van der Waals surface area contributed by atoms with Crippen LogP contribution in [0.4, 0.5) is 0 Å². The van der Waals surface area contributed by atoms with Crippen LogP contribution in [0.1, 0.15) is 12.8 Å². The van der Waals surface area contributed by atoms with Crippen molar-refractivity contribution in [3.05, 3.63) is 0 Å². The molecule has 1 heterocycles. The molecule has 2 unspecified atom stereocenters. The maximum Gasteiger partial charge on any atom is 0.0710 e. The smallest absolute Gasteiger partial charge is 0.0710 e. The zero-order valence-electron chi connectivity index (χ0n) is 9.20. The highest BCUT2D eigenvalue weighted by Crippen LogP contribution is 2.12. The number of nitrogens with zero attached hydrogens (tertiary/aromatic N) is 1. The summed E-state index contributed by atoms with van der Waals surface area (Å²) in [5.74, 6) is 0. The summed E-state index contributed by atoms with van der Waals surface area (Å²) in [4.78, 5) is 2.40. The Bertz CT molecular complexity index is 151. The lowest BCUT2D eigenvalue weighted by Gasteiger charge is -2.19. The second kappa shape index (κ2) is 6.35. The summed E-state index contributed by atoms with van der Waals surface area (Å²) < 4.78 is 5.29. The number of methoxy groups -OCH3 is 1. The number of ether oxygens (including phenoxy) is 1. The van der Waals surface area contributed by atoms with Crippen molar-refractivity contribution in [2.75, 3.05) is 40.4 Å². The molecule has 14 heavy (non-hydrogen) atoms. The van der Waals surface area contributed by atoms with Crippen LogP contribution in [0.3, 0.4) is 0 Å². The van der Waals surface area contributed by atoms with E-state index in [4.69, 9.17) is 9.84 Å². The van der Waals surface area contributed by atoms with E-state index in [0.717, 1.165) is 32.5 Å². The third kappa shape index (κ3) is 3.53. The van der Waals surface area contributed by atoms with E-state index >= 15 is 0 Å². The molecule has 4 nitrogen and oxygen atoms in total. The molecule has 1 rings (SSSR count). The highest BCUT2D eigenvalue weighted by molar-refractivity contribution is 4.77. The van der Waals surface area contributed by atoms with Crippen molar-refractivity contribution in [3.63, 3.8) is 0 Å². The number of aliphatic hydroxyl groups is 1. The van der Waals surface area contributed by atoms with Crippen LogP contribution in [0.15, 0.2) is 0 Å². The second-order valence-corrected chi connectivity index (χ2v) is 3.90. The van der Waals surface area contributed by atoms with E-state index in [-0.39, 0.29) is 12.6 Å². The van der Waals surface area contributed by atoms with Gasteiger partial charge in [-0.05, 0) is 26.4 Å². The zero-order valence-corrected chi connectivity index (χ0v) is 9.20. The lowest BCUT2D eigenvalue weighted by atomic mass is 10.2. The number of aliphatic hydroxyl groups excluding tert-OH is 1. The Kier molecular flexibility index (Phi) is 5.40. The monoisotopic (exact) mass is 202 g/mol. The quantitative estimate of drug-likeness (QED) is 0.619. The van der Waals surface area contributed by atoms with Gasteiger partial charge in [-0.3, -0.25) is 0 Å². The molecule has 0 aromatic rings. The summed E-state index contributed by atoms with van der Waals surface area (Å²) in [5, 5.41) is 12.1. The normalized spacial score (nSPS) is 25.5. The molecule has 2 N–H and O–H groups in total. The fraction of sp³-hybridized carbons (Fsp3) is 1.00. The molecule has 4 heteroatoms. The van der Waals surface area contributed by atoms with Crippen LogP contribution in [0, 0.1) is 0 Å². The Morgan fingerprint density at radius 1 is 1.64 bits per heavy atom. The van der Waals surface area contributed by atoms with Gasteiger partial charge in [0, 0.05) is 26.2 Å². The largest absolute Gasteiger partial charge is 0.395 e. The van der Waals surface area contributed by atoms with Gasteiger partial charge in [0.1, 0.15) is 0 Å². The molecule has 0 aromatic heterocycles. The number of nitrogens with one attached hydrogen (secondary N) is 1. The van der Waals surface area contributed by atoms with Crippen molar-refractivity contribution in [3.8, 4) is 0 Å². The average molecular weight is 202 g/mol. The van der Waals surface area contributed by atoms with Crippen LogP contribution in [0.5, 0.6) is 0 Å². The fourth-order valence-corrected chi connectivity index (χ4v) is 1.86. The summed E-state index contributed by atoms with van der Waals surface area (Å²) >= 11 is 0. The van der Waals surface area contributed by atoms with Crippen molar-refractivity contribution in [1.82, 2.24) is 10.2 Å². The fourth-order valence-electron chi connectivity index (χ4n) is 1.86. The summed E-state index contributed by atoms with van der Waals surface area (Å²) in [6, 6.07) is 0.233. The second-order valence-electron chi connectivity index (χ2n) is 3.90. The van der Waals surface area contributed by atoms with E-state index in [1.807, 2.05) is 7.05 Å². The molecule has 84 valence electrons. The minimum absolute atomic E-state index is 0.220. The SMILES string of the molecule is CNC(CO)CCN1CCC(OC)C1. The van der Waals surface area contributed by atoms with Crippen molar-refractivity contribution >= 4 is 0 Å². The van der Waals surface area contributed by atoms with Crippen molar-refractivity contribution < 1.29 is 9.84 Å². The Morgan fingerprint density at radius 3 is 2.93 bits per heavy atom. The predicted molar refractivity (Wildman–Crippen MR) is 56.4 cm³/mol. The van der Waals surface area contributed by atoms with Gasteiger partial charge in [-0.15, -0.1) is 0 Å². The van der Waals surface area contributed by atoms with Crippen LogP contribution >= 0.6 is 0 Å². The minimum atomic E-state index is 0.220. The summed E-state index contributed by atoms with van der Waals surface area (Å²) in [7, 11) is 3.67. The van der Waals surface area contributed by atoms with Gasteiger partial charge in [-0.25, -0.2) is 0 Å². The molecule has 1 saturated heterocycles. The van der Waals surface area contributed by atoms with Gasteiger partial charge in [-0.2, -0.15) is 0 Å². The lowest BCUT2D eigenvalue weighted by molar-refractivity contribution is 0.107. The molecular formula is C10H22N2O2. The topological polar surface area (TPSA) is 44.7 Å². The van der Waals surface area contributed by atoms with Gasteiger partial charge < -0.3 is 20.1 Å². The van der Waals surface area contributed by atoms with E-state index in [0.29, 0.717) is 6.10 Å². The van der Waals surface area contributed by atoms with Gasteiger partial charge in [0.15, 0.2) is 0 Å². The molecule has 0 amide bonds.